The molecule has 0 bridgehead atoms. The predicted octanol–water partition coefficient (Wildman–Crippen LogP) is 4.33. The Labute approximate surface area is 162 Å². The lowest BCUT2D eigenvalue weighted by Gasteiger charge is -2.29. The first-order valence-electron chi connectivity index (χ1n) is 9.81. The zero-order valence-electron chi connectivity index (χ0n) is 16.7. The van der Waals surface area contributed by atoms with E-state index in [1.165, 1.54) is 36.1 Å². The van der Waals surface area contributed by atoms with Crippen LogP contribution in [0.2, 0.25) is 0 Å². The maximum absolute atomic E-state index is 12.4. The van der Waals surface area contributed by atoms with Crippen LogP contribution in [0.4, 0.5) is 5.69 Å². The van der Waals surface area contributed by atoms with E-state index in [-0.39, 0.29) is 12.5 Å². The van der Waals surface area contributed by atoms with E-state index in [2.05, 4.69) is 36.1 Å². The standard InChI is InChI=1S/C23H30N2O2/c1-18-7-12-22(15-19(18)2)27-17-23(26)24(3)16-20-8-10-21(11-9-20)25-13-5-4-6-14-25/h7-12,15H,4-6,13-14,16-17H2,1-3H3. The molecule has 2 aromatic rings. The molecule has 1 aliphatic rings. The van der Waals surface area contributed by atoms with Gasteiger partial charge in [0.25, 0.3) is 5.91 Å². The third-order valence-electron chi connectivity index (χ3n) is 5.34. The summed E-state index contributed by atoms with van der Waals surface area (Å²) in [5.74, 6) is 0.721. The van der Waals surface area contributed by atoms with Gasteiger partial charge in [0.05, 0.1) is 0 Å². The fourth-order valence-corrected chi connectivity index (χ4v) is 3.39. The largest absolute Gasteiger partial charge is 0.484 e. The van der Waals surface area contributed by atoms with Gasteiger partial charge in [0.1, 0.15) is 5.75 Å². The molecule has 1 aliphatic heterocycles. The smallest absolute Gasteiger partial charge is 0.260 e. The molecule has 1 amide bonds. The molecule has 0 radical (unpaired) electrons. The van der Waals surface area contributed by atoms with Gasteiger partial charge in [-0.2, -0.15) is 0 Å². The topological polar surface area (TPSA) is 32.8 Å². The summed E-state index contributed by atoms with van der Waals surface area (Å²) in [6.07, 6.45) is 3.89. The maximum Gasteiger partial charge on any atom is 0.260 e. The molecule has 4 nitrogen and oxygen atoms in total. The normalized spacial score (nSPS) is 14.1. The number of carbonyl (C=O) groups is 1. The third kappa shape index (κ3) is 5.25. The molecule has 144 valence electrons. The van der Waals surface area contributed by atoms with E-state index in [4.69, 9.17) is 4.74 Å². The second kappa shape index (κ2) is 8.94. The van der Waals surface area contributed by atoms with E-state index in [0.717, 1.165) is 24.4 Å². The van der Waals surface area contributed by atoms with Crippen molar-refractivity contribution in [3.05, 3.63) is 59.2 Å². The summed E-state index contributed by atoms with van der Waals surface area (Å²) in [7, 11) is 1.82. The molecule has 4 heteroatoms. The highest BCUT2D eigenvalue weighted by Crippen LogP contribution is 2.21. The van der Waals surface area contributed by atoms with Crippen LogP contribution in [0.5, 0.6) is 5.75 Å². The Morgan fingerprint density at radius 2 is 1.70 bits per heavy atom. The monoisotopic (exact) mass is 366 g/mol. The number of ether oxygens (including phenoxy) is 1. The van der Waals surface area contributed by atoms with Crippen LogP contribution in [0.25, 0.3) is 0 Å². The van der Waals surface area contributed by atoms with E-state index in [0.29, 0.717) is 6.54 Å². The molecule has 2 aromatic carbocycles. The van der Waals surface area contributed by atoms with Crippen LogP contribution in [-0.2, 0) is 11.3 Å². The summed E-state index contributed by atoms with van der Waals surface area (Å²) in [6, 6.07) is 14.5. The van der Waals surface area contributed by atoms with E-state index in [1.54, 1.807) is 4.90 Å². The van der Waals surface area contributed by atoms with Gasteiger partial charge in [-0.3, -0.25) is 4.79 Å². The summed E-state index contributed by atoms with van der Waals surface area (Å²) >= 11 is 0. The number of hydrogen-bond donors (Lipinski definition) is 0. The van der Waals surface area contributed by atoms with Gasteiger partial charge in [-0.25, -0.2) is 0 Å². The minimum Gasteiger partial charge on any atom is -0.484 e. The molecule has 1 saturated heterocycles. The molecule has 27 heavy (non-hydrogen) atoms. The molecule has 0 aliphatic carbocycles. The number of anilines is 1. The van der Waals surface area contributed by atoms with Crippen LogP contribution in [0.3, 0.4) is 0 Å². The van der Waals surface area contributed by atoms with E-state index < -0.39 is 0 Å². The molecule has 1 fully saturated rings. The van der Waals surface area contributed by atoms with Crippen molar-refractivity contribution in [3.8, 4) is 5.75 Å². The van der Waals surface area contributed by atoms with Crippen LogP contribution in [0.15, 0.2) is 42.5 Å². The first-order chi connectivity index (χ1) is 13.0. The summed E-state index contributed by atoms with van der Waals surface area (Å²) in [4.78, 5) is 16.5. The lowest BCUT2D eigenvalue weighted by Crippen LogP contribution is -2.31. The molecule has 0 atom stereocenters. The van der Waals surface area contributed by atoms with Crippen LogP contribution in [0.1, 0.15) is 36.0 Å². The number of benzene rings is 2. The summed E-state index contributed by atoms with van der Waals surface area (Å²) < 4.78 is 5.66. The van der Waals surface area contributed by atoms with Crippen molar-refractivity contribution in [2.24, 2.45) is 0 Å². The second-order valence-corrected chi connectivity index (χ2v) is 7.50. The van der Waals surface area contributed by atoms with Crippen molar-refractivity contribution >= 4 is 11.6 Å². The SMILES string of the molecule is Cc1ccc(OCC(=O)N(C)Cc2ccc(N3CCCCC3)cc2)cc1C. The summed E-state index contributed by atoms with van der Waals surface area (Å²) in [5, 5.41) is 0. The number of hydrogen-bond acceptors (Lipinski definition) is 3. The van der Waals surface area contributed by atoms with Crippen LogP contribution in [0, 0.1) is 13.8 Å². The first kappa shape index (κ1) is 19.3. The van der Waals surface area contributed by atoms with Gasteiger partial charge in [-0.15, -0.1) is 0 Å². The fraction of sp³-hybridized carbons (Fsp3) is 0.435. The molecule has 3 rings (SSSR count). The molecular formula is C23H30N2O2. The van der Waals surface area contributed by atoms with Gasteiger partial charge < -0.3 is 14.5 Å². The van der Waals surface area contributed by atoms with Crippen LogP contribution < -0.4 is 9.64 Å². The van der Waals surface area contributed by atoms with E-state index in [9.17, 15) is 4.79 Å². The van der Waals surface area contributed by atoms with Gasteiger partial charge in [-0.1, -0.05) is 18.2 Å². The zero-order valence-corrected chi connectivity index (χ0v) is 16.7. The quantitative estimate of drug-likeness (QED) is 0.763. The Morgan fingerprint density at radius 3 is 2.37 bits per heavy atom. The summed E-state index contributed by atoms with van der Waals surface area (Å²) in [5.41, 5.74) is 4.81. The molecule has 1 heterocycles. The zero-order chi connectivity index (χ0) is 19.2. The summed E-state index contributed by atoms with van der Waals surface area (Å²) in [6.45, 7) is 7.06. The Balaban J connectivity index is 1.50. The number of aryl methyl sites for hydroxylation is 2. The highest BCUT2D eigenvalue weighted by atomic mass is 16.5. The minimum absolute atomic E-state index is 0.0201. The molecular weight excluding hydrogens is 336 g/mol. The van der Waals surface area contributed by atoms with Gasteiger partial charge in [0.2, 0.25) is 0 Å². The first-order valence-corrected chi connectivity index (χ1v) is 9.81. The number of nitrogens with zero attached hydrogens (tertiary/aromatic N) is 2. The Kier molecular flexibility index (Phi) is 6.38. The Bertz CT molecular complexity index is 764. The van der Waals surface area contributed by atoms with E-state index in [1.807, 2.05) is 32.2 Å². The van der Waals surface area contributed by atoms with Crippen LogP contribution >= 0.6 is 0 Å². The number of piperidine rings is 1. The highest BCUT2D eigenvalue weighted by Gasteiger charge is 2.13. The second-order valence-electron chi connectivity index (χ2n) is 7.50. The minimum atomic E-state index is -0.0201. The average molecular weight is 367 g/mol. The molecule has 0 spiro atoms. The van der Waals surface area contributed by atoms with Crippen molar-refractivity contribution in [2.45, 2.75) is 39.7 Å². The molecule has 0 unspecified atom stereocenters. The number of rotatable bonds is 6. The van der Waals surface area contributed by atoms with Gasteiger partial charge in [0, 0.05) is 32.4 Å². The Hall–Kier alpha value is -2.49. The highest BCUT2D eigenvalue weighted by molar-refractivity contribution is 5.77. The van der Waals surface area contributed by atoms with Crippen molar-refractivity contribution in [3.63, 3.8) is 0 Å². The lowest BCUT2D eigenvalue weighted by molar-refractivity contribution is -0.132. The number of carbonyl (C=O) groups excluding carboxylic acids is 1. The van der Waals surface area contributed by atoms with Crippen molar-refractivity contribution in [1.82, 2.24) is 4.90 Å². The van der Waals surface area contributed by atoms with Gasteiger partial charge >= 0.3 is 0 Å². The Morgan fingerprint density at radius 1 is 1.00 bits per heavy atom. The van der Waals surface area contributed by atoms with Gasteiger partial charge in [-0.05, 0) is 74.1 Å². The molecule has 0 N–H and O–H groups in total. The van der Waals surface area contributed by atoms with E-state index >= 15 is 0 Å². The average Bonchev–Trinajstić information content (AvgIpc) is 2.70. The fourth-order valence-electron chi connectivity index (χ4n) is 3.39. The number of amides is 1. The van der Waals surface area contributed by atoms with Gasteiger partial charge in [0.15, 0.2) is 6.61 Å². The van der Waals surface area contributed by atoms with Crippen molar-refractivity contribution in [1.29, 1.82) is 0 Å². The predicted molar refractivity (Wildman–Crippen MR) is 110 cm³/mol. The van der Waals surface area contributed by atoms with Crippen LogP contribution in [-0.4, -0.2) is 37.6 Å². The lowest BCUT2D eigenvalue weighted by atomic mass is 10.1. The number of likely N-dealkylation sites (N-methyl/N-ethyl adjacent to an activating group) is 1. The molecule has 0 saturated carbocycles. The maximum atomic E-state index is 12.4. The molecule has 0 aromatic heterocycles. The third-order valence-corrected chi connectivity index (χ3v) is 5.34. The van der Waals surface area contributed by atoms with Crippen molar-refractivity contribution < 1.29 is 9.53 Å². The van der Waals surface area contributed by atoms with Crippen molar-refractivity contribution in [2.75, 3.05) is 31.6 Å².